The van der Waals surface area contributed by atoms with Crippen LogP contribution in [0.1, 0.15) is 39.2 Å². The fourth-order valence-electron chi connectivity index (χ4n) is 2.49. The molecule has 1 aromatic carbocycles. The molecule has 0 fully saturated rings. The average molecular weight is 359 g/mol. The Labute approximate surface area is 153 Å². The van der Waals surface area contributed by atoms with Crippen LogP contribution in [0.5, 0.6) is 5.75 Å². The minimum Gasteiger partial charge on any atom is -0.493 e. The van der Waals surface area contributed by atoms with Crippen molar-refractivity contribution < 1.29 is 23.5 Å². The lowest BCUT2D eigenvalue weighted by atomic mass is 10.1. The van der Waals surface area contributed by atoms with Crippen molar-refractivity contribution in [2.24, 2.45) is 0 Å². The topological polar surface area (TPSA) is 77.8 Å². The molecule has 140 valence electrons. The summed E-state index contributed by atoms with van der Waals surface area (Å²) in [4.78, 5) is 23.5. The molecule has 0 unspecified atom stereocenters. The zero-order valence-corrected chi connectivity index (χ0v) is 15.7. The van der Waals surface area contributed by atoms with Gasteiger partial charge in [0.1, 0.15) is 17.1 Å². The fourth-order valence-corrected chi connectivity index (χ4v) is 2.49. The van der Waals surface area contributed by atoms with Crippen LogP contribution >= 0.6 is 0 Å². The Hall–Kier alpha value is -2.76. The maximum Gasteiger partial charge on any atom is 0.342 e. The normalized spacial score (nSPS) is 10.5. The molecule has 6 heteroatoms. The van der Waals surface area contributed by atoms with Gasteiger partial charge in [-0.1, -0.05) is 6.07 Å². The maximum atomic E-state index is 11.8. The van der Waals surface area contributed by atoms with E-state index < -0.39 is 5.97 Å². The van der Waals surface area contributed by atoms with E-state index in [0.717, 1.165) is 16.9 Å². The van der Waals surface area contributed by atoms with Gasteiger partial charge in [-0.05, 0) is 62.9 Å². The molecule has 0 aliphatic heterocycles. The maximum absolute atomic E-state index is 11.8. The van der Waals surface area contributed by atoms with E-state index in [2.05, 4.69) is 18.3 Å². The number of carbonyl (C=O) groups excluding carboxylic acids is 2. The number of esters is 1. The van der Waals surface area contributed by atoms with Crippen molar-refractivity contribution in [1.29, 1.82) is 0 Å². The number of rotatable bonds is 8. The minimum atomic E-state index is -0.569. The number of ether oxygens (including phenoxy) is 2. The molecule has 0 atom stereocenters. The first-order valence-corrected chi connectivity index (χ1v) is 8.57. The quantitative estimate of drug-likeness (QED) is 0.578. The van der Waals surface area contributed by atoms with E-state index in [-0.39, 0.29) is 12.5 Å². The van der Waals surface area contributed by atoms with E-state index >= 15 is 0 Å². The van der Waals surface area contributed by atoms with Gasteiger partial charge in [-0.3, -0.25) is 4.79 Å². The lowest BCUT2D eigenvalue weighted by Gasteiger charge is -2.12. The van der Waals surface area contributed by atoms with Crippen LogP contribution in [0.3, 0.4) is 0 Å². The Morgan fingerprint density at radius 2 is 1.92 bits per heavy atom. The molecular formula is C20H25NO5. The number of benzene rings is 1. The summed E-state index contributed by atoms with van der Waals surface area (Å²) in [5, 5.41) is 2.70. The summed E-state index contributed by atoms with van der Waals surface area (Å²) >= 11 is 0. The monoisotopic (exact) mass is 359 g/mol. The molecule has 0 radical (unpaired) electrons. The van der Waals surface area contributed by atoms with Gasteiger partial charge >= 0.3 is 5.97 Å². The number of hydrogen-bond acceptors (Lipinski definition) is 5. The summed E-state index contributed by atoms with van der Waals surface area (Å²) < 4.78 is 15.8. The third-order valence-electron chi connectivity index (χ3n) is 4.08. The molecule has 1 heterocycles. The molecule has 2 aromatic rings. The third-order valence-corrected chi connectivity index (χ3v) is 4.08. The van der Waals surface area contributed by atoms with Crippen LogP contribution in [0.4, 0.5) is 0 Å². The van der Waals surface area contributed by atoms with E-state index in [4.69, 9.17) is 13.9 Å². The Morgan fingerprint density at radius 3 is 2.62 bits per heavy atom. The lowest BCUT2D eigenvalue weighted by Crippen LogP contribution is -2.30. The Balaban J connectivity index is 1.65. The molecule has 0 aliphatic rings. The van der Waals surface area contributed by atoms with Gasteiger partial charge in [0.05, 0.1) is 12.9 Å². The summed E-state index contributed by atoms with van der Waals surface area (Å²) in [6, 6.07) is 5.65. The van der Waals surface area contributed by atoms with Crippen molar-refractivity contribution in [1.82, 2.24) is 5.32 Å². The highest BCUT2D eigenvalue weighted by Gasteiger charge is 2.14. The predicted octanol–water partition coefficient (Wildman–Crippen LogP) is 3.26. The van der Waals surface area contributed by atoms with Gasteiger partial charge in [-0.25, -0.2) is 4.79 Å². The molecule has 6 nitrogen and oxygen atoms in total. The molecule has 0 saturated heterocycles. The van der Waals surface area contributed by atoms with Crippen molar-refractivity contribution in [3.8, 4) is 5.75 Å². The van der Waals surface area contributed by atoms with Gasteiger partial charge in [0.2, 0.25) is 0 Å². The summed E-state index contributed by atoms with van der Waals surface area (Å²) in [6.45, 7) is 8.41. The minimum absolute atomic E-state index is 0.319. The molecule has 0 saturated carbocycles. The van der Waals surface area contributed by atoms with E-state index in [1.54, 1.807) is 6.92 Å². The summed E-state index contributed by atoms with van der Waals surface area (Å²) in [7, 11) is 0. The molecule has 0 aliphatic carbocycles. The number of nitrogens with one attached hydrogen (secondary N) is 1. The molecular weight excluding hydrogens is 334 g/mol. The SMILES string of the molecule is Cc1cc(C)c(C)c(OCCCNC(=O)COC(=O)c2ccoc2C)c1. The standard InChI is InChI=1S/C20H25NO5/c1-13-10-14(2)15(3)18(11-13)25-8-5-7-21-19(22)12-26-20(23)17-6-9-24-16(17)4/h6,9-11H,5,7-8,12H2,1-4H3,(H,21,22). The van der Waals surface area contributed by atoms with Crippen molar-refractivity contribution in [2.75, 3.05) is 19.8 Å². The Bertz CT molecular complexity index is 779. The van der Waals surface area contributed by atoms with Crippen molar-refractivity contribution in [3.63, 3.8) is 0 Å². The Morgan fingerprint density at radius 1 is 1.15 bits per heavy atom. The molecule has 0 bridgehead atoms. The molecule has 2 rings (SSSR count). The molecule has 26 heavy (non-hydrogen) atoms. The first kappa shape index (κ1) is 19.6. The van der Waals surface area contributed by atoms with E-state index in [1.807, 2.05) is 19.9 Å². The molecule has 1 amide bonds. The van der Waals surface area contributed by atoms with E-state index in [9.17, 15) is 9.59 Å². The largest absolute Gasteiger partial charge is 0.493 e. The highest BCUT2D eigenvalue weighted by Crippen LogP contribution is 2.23. The van der Waals surface area contributed by atoms with Gasteiger partial charge in [0.25, 0.3) is 5.91 Å². The van der Waals surface area contributed by atoms with Crippen molar-refractivity contribution >= 4 is 11.9 Å². The zero-order valence-electron chi connectivity index (χ0n) is 15.7. The first-order chi connectivity index (χ1) is 12.4. The van der Waals surface area contributed by atoms with Crippen LogP contribution in [0, 0.1) is 27.7 Å². The highest BCUT2D eigenvalue weighted by atomic mass is 16.5. The van der Waals surface area contributed by atoms with Gasteiger partial charge in [0, 0.05) is 6.54 Å². The summed E-state index contributed by atoms with van der Waals surface area (Å²) in [5.74, 6) is 0.426. The number of carbonyl (C=O) groups is 2. The van der Waals surface area contributed by atoms with Crippen molar-refractivity contribution in [3.05, 3.63) is 52.5 Å². The van der Waals surface area contributed by atoms with Crippen LogP contribution < -0.4 is 10.1 Å². The van der Waals surface area contributed by atoms with Crippen LogP contribution in [-0.4, -0.2) is 31.6 Å². The van der Waals surface area contributed by atoms with E-state index in [1.165, 1.54) is 17.9 Å². The van der Waals surface area contributed by atoms with Crippen LogP contribution in [0.25, 0.3) is 0 Å². The van der Waals surface area contributed by atoms with Crippen LogP contribution in [0.15, 0.2) is 28.9 Å². The number of amides is 1. The predicted molar refractivity (Wildman–Crippen MR) is 97.5 cm³/mol. The van der Waals surface area contributed by atoms with Crippen LogP contribution in [0.2, 0.25) is 0 Å². The smallest absolute Gasteiger partial charge is 0.342 e. The Kier molecular flexibility index (Phi) is 6.83. The van der Waals surface area contributed by atoms with Gasteiger partial charge in [-0.2, -0.15) is 0 Å². The number of aryl methyl sites for hydroxylation is 3. The number of hydrogen-bond donors (Lipinski definition) is 1. The fraction of sp³-hybridized carbons (Fsp3) is 0.400. The summed E-state index contributed by atoms with van der Waals surface area (Å²) in [6.07, 6.45) is 2.07. The second-order valence-electron chi connectivity index (χ2n) is 6.22. The zero-order chi connectivity index (χ0) is 19.1. The van der Waals surface area contributed by atoms with Gasteiger partial charge < -0.3 is 19.2 Å². The molecule has 1 N–H and O–H groups in total. The first-order valence-electron chi connectivity index (χ1n) is 8.57. The third kappa shape index (κ3) is 5.37. The van der Waals surface area contributed by atoms with Crippen molar-refractivity contribution in [2.45, 2.75) is 34.1 Å². The van der Waals surface area contributed by atoms with Gasteiger partial charge in [0.15, 0.2) is 6.61 Å². The second-order valence-corrected chi connectivity index (χ2v) is 6.22. The van der Waals surface area contributed by atoms with Crippen LogP contribution in [-0.2, 0) is 9.53 Å². The lowest BCUT2D eigenvalue weighted by molar-refractivity contribution is -0.124. The van der Waals surface area contributed by atoms with Gasteiger partial charge in [-0.15, -0.1) is 0 Å². The number of furan rings is 1. The van der Waals surface area contributed by atoms with E-state index in [0.29, 0.717) is 30.9 Å². The summed E-state index contributed by atoms with van der Waals surface area (Å²) in [5.41, 5.74) is 3.81. The molecule has 1 aromatic heterocycles. The highest BCUT2D eigenvalue weighted by molar-refractivity contribution is 5.92. The average Bonchev–Trinajstić information content (AvgIpc) is 3.02. The molecule has 0 spiro atoms. The second kappa shape index (κ2) is 9.08.